The van der Waals surface area contributed by atoms with Crippen molar-refractivity contribution in [1.29, 1.82) is 0 Å². The highest BCUT2D eigenvalue weighted by Gasteiger charge is 2.26. The molecular weight excluding hydrogens is 250 g/mol. The number of carbonyl (C=O) groups is 2. The van der Waals surface area contributed by atoms with Crippen molar-refractivity contribution in [3.8, 4) is 0 Å². The number of sulfonamides is 1. The van der Waals surface area contributed by atoms with Gasteiger partial charge in [-0.05, 0) is 6.92 Å². The van der Waals surface area contributed by atoms with E-state index >= 15 is 0 Å². The van der Waals surface area contributed by atoms with Crippen molar-refractivity contribution < 1.29 is 27.5 Å². The Hall–Kier alpha value is -1.15. The van der Waals surface area contributed by atoms with Crippen molar-refractivity contribution in [2.24, 2.45) is 0 Å². The lowest BCUT2D eigenvalue weighted by Crippen LogP contribution is -2.39. The second-order valence-electron chi connectivity index (χ2n) is 3.06. The molecule has 0 fully saturated rings. The van der Waals surface area contributed by atoms with E-state index in [4.69, 9.17) is 0 Å². The summed E-state index contributed by atoms with van der Waals surface area (Å²) in [5, 5.41) is 0. The molecule has 0 saturated heterocycles. The van der Waals surface area contributed by atoms with Crippen molar-refractivity contribution in [3.63, 3.8) is 0 Å². The van der Waals surface area contributed by atoms with E-state index in [0.29, 0.717) is 0 Å². The van der Waals surface area contributed by atoms with Crippen molar-refractivity contribution in [2.45, 2.75) is 13.8 Å². The molecule has 0 aliphatic heterocycles. The van der Waals surface area contributed by atoms with Crippen LogP contribution in [0.1, 0.15) is 13.8 Å². The van der Waals surface area contributed by atoms with Gasteiger partial charge in [0.2, 0.25) is 10.0 Å². The molecule has 0 rings (SSSR count). The van der Waals surface area contributed by atoms with Crippen LogP contribution in [0.5, 0.6) is 0 Å². The van der Waals surface area contributed by atoms with Crippen LogP contribution in [-0.4, -0.2) is 57.2 Å². The first kappa shape index (κ1) is 15.9. The Kier molecular flexibility index (Phi) is 6.74. The summed E-state index contributed by atoms with van der Waals surface area (Å²) in [5.41, 5.74) is 0. The van der Waals surface area contributed by atoms with Crippen molar-refractivity contribution in [2.75, 3.05) is 32.6 Å². The monoisotopic (exact) mass is 267 g/mol. The van der Waals surface area contributed by atoms with Crippen molar-refractivity contribution in [1.82, 2.24) is 4.31 Å². The minimum atomic E-state index is -3.84. The number of rotatable bonds is 7. The summed E-state index contributed by atoms with van der Waals surface area (Å²) in [5.74, 6) is -2.30. The second kappa shape index (κ2) is 7.23. The van der Waals surface area contributed by atoms with Gasteiger partial charge in [0.05, 0.1) is 13.7 Å². The molecule has 8 heteroatoms. The molecule has 0 aliphatic rings. The van der Waals surface area contributed by atoms with Crippen molar-refractivity contribution in [3.05, 3.63) is 0 Å². The Balaban J connectivity index is 4.63. The molecule has 0 amide bonds. The molecule has 0 saturated carbocycles. The number of hydrogen-bond donors (Lipinski definition) is 0. The Bertz CT molecular complexity index is 364. The zero-order valence-electron chi connectivity index (χ0n) is 10.1. The molecule has 0 N–H and O–H groups in total. The highest BCUT2D eigenvalue weighted by atomic mass is 32.2. The van der Waals surface area contributed by atoms with Gasteiger partial charge >= 0.3 is 11.9 Å². The quantitative estimate of drug-likeness (QED) is 0.571. The summed E-state index contributed by atoms with van der Waals surface area (Å²) in [7, 11) is -2.74. The van der Waals surface area contributed by atoms with E-state index in [2.05, 4.69) is 9.47 Å². The summed E-state index contributed by atoms with van der Waals surface area (Å²) < 4.78 is 33.2. The van der Waals surface area contributed by atoms with E-state index in [9.17, 15) is 18.0 Å². The molecule has 0 aromatic carbocycles. The minimum absolute atomic E-state index is 0.0815. The average Bonchev–Trinajstić information content (AvgIpc) is 2.25. The Labute approximate surface area is 101 Å². The van der Waals surface area contributed by atoms with E-state index in [1.54, 1.807) is 13.8 Å². The van der Waals surface area contributed by atoms with E-state index in [1.165, 1.54) is 0 Å². The number of ether oxygens (including phenoxy) is 2. The molecule has 0 atom stereocenters. The van der Waals surface area contributed by atoms with Gasteiger partial charge in [-0.3, -0.25) is 9.59 Å². The van der Waals surface area contributed by atoms with E-state index < -0.39 is 34.3 Å². The normalized spacial score (nSPS) is 11.3. The van der Waals surface area contributed by atoms with E-state index in [1.807, 2.05) is 0 Å². The average molecular weight is 267 g/mol. The first-order valence-electron chi connectivity index (χ1n) is 5.07. The fourth-order valence-electron chi connectivity index (χ4n) is 1.06. The highest BCUT2D eigenvalue weighted by Crippen LogP contribution is 2.02. The third-order valence-corrected chi connectivity index (χ3v) is 3.66. The van der Waals surface area contributed by atoms with Crippen LogP contribution in [0.4, 0.5) is 0 Å². The lowest BCUT2D eigenvalue weighted by atomic mass is 10.6. The maximum atomic E-state index is 11.7. The summed E-state index contributed by atoms with van der Waals surface area (Å²) >= 11 is 0. The summed E-state index contributed by atoms with van der Waals surface area (Å²) in [6, 6.07) is 0. The number of methoxy groups -OCH3 is 1. The first-order valence-corrected chi connectivity index (χ1v) is 6.68. The number of likely N-dealkylation sites (N-methyl/N-ethyl adjacent to an activating group) is 1. The molecule has 0 heterocycles. The molecule has 0 aromatic heterocycles. The molecule has 0 bridgehead atoms. The van der Waals surface area contributed by atoms with Gasteiger partial charge in [0.25, 0.3) is 0 Å². The Morgan fingerprint density at radius 2 is 1.76 bits per heavy atom. The van der Waals surface area contributed by atoms with Crippen LogP contribution in [0.2, 0.25) is 0 Å². The lowest BCUT2D eigenvalue weighted by Gasteiger charge is -2.18. The highest BCUT2D eigenvalue weighted by molar-refractivity contribution is 7.89. The number of esters is 2. The first-order chi connectivity index (χ1) is 7.87. The van der Waals surface area contributed by atoms with Crippen LogP contribution in [0, 0.1) is 0 Å². The molecule has 0 spiro atoms. The smallest absolute Gasteiger partial charge is 0.322 e. The zero-order valence-corrected chi connectivity index (χ0v) is 10.9. The van der Waals surface area contributed by atoms with Gasteiger partial charge < -0.3 is 9.47 Å². The number of carbonyl (C=O) groups excluding carboxylic acids is 2. The Morgan fingerprint density at radius 3 is 2.18 bits per heavy atom. The third-order valence-electron chi connectivity index (χ3n) is 1.88. The molecule has 17 heavy (non-hydrogen) atoms. The predicted molar refractivity (Wildman–Crippen MR) is 59.7 cm³/mol. The number of nitrogens with zero attached hydrogens (tertiary/aromatic N) is 1. The van der Waals surface area contributed by atoms with Crippen LogP contribution >= 0.6 is 0 Å². The van der Waals surface area contributed by atoms with Crippen LogP contribution in [0.3, 0.4) is 0 Å². The largest absolute Gasteiger partial charge is 0.468 e. The van der Waals surface area contributed by atoms with Gasteiger partial charge in [-0.1, -0.05) is 6.92 Å². The topological polar surface area (TPSA) is 90.0 Å². The minimum Gasteiger partial charge on any atom is -0.468 e. The second-order valence-corrected chi connectivity index (χ2v) is 5.03. The predicted octanol–water partition coefficient (Wildman–Crippen LogP) is -0.626. The van der Waals surface area contributed by atoms with Gasteiger partial charge in [-0.25, -0.2) is 8.42 Å². The van der Waals surface area contributed by atoms with Crippen LogP contribution < -0.4 is 0 Å². The summed E-state index contributed by atoms with van der Waals surface area (Å²) in [6.45, 7) is 3.04. The van der Waals surface area contributed by atoms with Gasteiger partial charge in [0.15, 0.2) is 5.75 Å². The van der Waals surface area contributed by atoms with Crippen LogP contribution in [0.15, 0.2) is 0 Å². The maximum absolute atomic E-state index is 11.7. The van der Waals surface area contributed by atoms with Gasteiger partial charge in [-0.15, -0.1) is 0 Å². The lowest BCUT2D eigenvalue weighted by molar-refractivity contribution is -0.143. The molecule has 0 aromatic rings. The fourth-order valence-corrected chi connectivity index (χ4v) is 2.35. The molecule has 100 valence electrons. The SMILES string of the molecule is CCOC(=O)CN(CC)S(=O)(=O)CC(=O)OC. The molecule has 0 aliphatic carbocycles. The summed E-state index contributed by atoms with van der Waals surface area (Å²) in [6.07, 6.45) is 0. The van der Waals surface area contributed by atoms with Crippen LogP contribution in [-0.2, 0) is 29.1 Å². The van der Waals surface area contributed by atoms with Gasteiger partial charge in [0, 0.05) is 6.54 Å². The van der Waals surface area contributed by atoms with Crippen LogP contribution in [0.25, 0.3) is 0 Å². The molecular formula is C9H17NO6S. The van der Waals surface area contributed by atoms with Crippen molar-refractivity contribution >= 4 is 22.0 Å². The molecule has 0 unspecified atom stereocenters. The zero-order chi connectivity index (χ0) is 13.5. The fraction of sp³-hybridized carbons (Fsp3) is 0.778. The van der Waals surface area contributed by atoms with Gasteiger partial charge in [0.1, 0.15) is 6.54 Å². The number of hydrogen-bond acceptors (Lipinski definition) is 6. The third kappa shape index (κ3) is 5.64. The molecule has 7 nitrogen and oxygen atoms in total. The van der Waals surface area contributed by atoms with E-state index in [-0.39, 0.29) is 13.2 Å². The van der Waals surface area contributed by atoms with Gasteiger partial charge in [-0.2, -0.15) is 4.31 Å². The van der Waals surface area contributed by atoms with E-state index in [0.717, 1.165) is 11.4 Å². The summed E-state index contributed by atoms with van der Waals surface area (Å²) in [4.78, 5) is 22.1. The standard InChI is InChI=1S/C9H17NO6S/c1-4-10(6-8(11)16-5-2)17(13,14)7-9(12)15-3/h4-7H2,1-3H3. The maximum Gasteiger partial charge on any atom is 0.322 e. The molecule has 0 radical (unpaired) electrons. The Morgan fingerprint density at radius 1 is 1.18 bits per heavy atom.